The lowest BCUT2D eigenvalue weighted by atomic mass is 9.96. The maximum atomic E-state index is 12.8. The van der Waals surface area contributed by atoms with Gasteiger partial charge in [-0.1, -0.05) is 6.07 Å². The Balaban J connectivity index is 1.47. The second-order valence-electron chi connectivity index (χ2n) is 6.98. The van der Waals surface area contributed by atoms with E-state index in [9.17, 15) is 13.2 Å². The highest BCUT2D eigenvalue weighted by Crippen LogP contribution is 2.23. The first-order valence-corrected chi connectivity index (χ1v) is 11.0. The Labute approximate surface area is 161 Å². The molecule has 27 heavy (non-hydrogen) atoms. The smallest absolute Gasteiger partial charge is 0.225 e. The molecule has 0 atom stereocenters. The third-order valence-electron chi connectivity index (χ3n) is 5.31. The van der Waals surface area contributed by atoms with Gasteiger partial charge in [0.05, 0.1) is 12.4 Å². The van der Waals surface area contributed by atoms with Crippen LogP contribution in [0.3, 0.4) is 0 Å². The molecule has 0 N–H and O–H groups in total. The molecule has 3 rings (SSSR count). The molecule has 150 valence electrons. The van der Waals surface area contributed by atoms with Gasteiger partial charge in [-0.3, -0.25) is 4.79 Å². The highest BCUT2D eigenvalue weighted by Gasteiger charge is 2.33. The summed E-state index contributed by atoms with van der Waals surface area (Å²) in [6.45, 7) is 3.93. The van der Waals surface area contributed by atoms with E-state index in [1.807, 2.05) is 23.1 Å². The largest absolute Gasteiger partial charge is 0.384 e. The van der Waals surface area contributed by atoms with E-state index in [4.69, 9.17) is 4.74 Å². The summed E-state index contributed by atoms with van der Waals surface area (Å²) in [6, 6.07) is 5.84. The molecule has 0 bridgehead atoms. The molecular weight excluding hydrogens is 368 g/mol. The predicted octanol–water partition coefficient (Wildman–Crippen LogP) is 0.418. The molecule has 1 aromatic rings. The van der Waals surface area contributed by atoms with E-state index < -0.39 is 10.0 Å². The number of rotatable bonds is 6. The monoisotopic (exact) mass is 396 g/mol. The number of piperazine rings is 1. The third-order valence-corrected chi connectivity index (χ3v) is 7.14. The van der Waals surface area contributed by atoms with Crippen molar-refractivity contribution < 1.29 is 17.9 Å². The van der Waals surface area contributed by atoms with Crippen molar-refractivity contribution in [3.8, 4) is 0 Å². The Morgan fingerprint density at radius 2 is 1.85 bits per heavy atom. The number of nitrogens with zero attached hydrogens (tertiary/aromatic N) is 4. The number of piperidine rings is 1. The van der Waals surface area contributed by atoms with Crippen LogP contribution >= 0.6 is 0 Å². The average Bonchev–Trinajstić information content (AvgIpc) is 2.72. The van der Waals surface area contributed by atoms with Gasteiger partial charge in [0.2, 0.25) is 15.9 Å². The number of hydrogen-bond donors (Lipinski definition) is 0. The standard InChI is InChI=1S/C18H28N4O4S/c1-26-14-15-27(24,25)22-8-5-16(6-9-22)18(23)21-12-10-20(11-13-21)17-4-2-3-7-19-17/h2-4,7,16H,5-6,8-15H2,1H3. The van der Waals surface area contributed by atoms with Gasteiger partial charge in [0.25, 0.3) is 0 Å². The summed E-state index contributed by atoms with van der Waals surface area (Å²) in [5.74, 6) is 1.02. The van der Waals surface area contributed by atoms with Crippen LogP contribution in [-0.4, -0.2) is 87.3 Å². The topological polar surface area (TPSA) is 83.0 Å². The first-order chi connectivity index (χ1) is 13.0. The van der Waals surface area contributed by atoms with Crippen molar-refractivity contribution >= 4 is 21.7 Å². The van der Waals surface area contributed by atoms with Crippen molar-refractivity contribution in [2.45, 2.75) is 12.8 Å². The summed E-state index contributed by atoms with van der Waals surface area (Å²) in [5, 5.41) is 0. The molecule has 9 heteroatoms. The molecular formula is C18H28N4O4S. The SMILES string of the molecule is COCCS(=O)(=O)N1CCC(C(=O)N2CCN(c3ccccn3)CC2)CC1. The molecule has 0 radical (unpaired) electrons. The summed E-state index contributed by atoms with van der Waals surface area (Å²) in [7, 11) is -1.79. The van der Waals surface area contributed by atoms with Crippen LogP contribution in [0.25, 0.3) is 0 Å². The van der Waals surface area contributed by atoms with Crippen LogP contribution < -0.4 is 4.90 Å². The number of aromatic nitrogens is 1. The van der Waals surface area contributed by atoms with Gasteiger partial charge in [0.15, 0.2) is 0 Å². The molecule has 2 aliphatic rings. The molecule has 0 saturated carbocycles. The molecule has 2 aliphatic heterocycles. The number of hydrogen-bond acceptors (Lipinski definition) is 6. The zero-order valence-corrected chi connectivity index (χ0v) is 16.6. The van der Waals surface area contributed by atoms with Crippen molar-refractivity contribution in [1.82, 2.24) is 14.2 Å². The van der Waals surface area contributed by atoms with E-state index in [-0.39, 0.29) is 24.2 Å². The molecule has 0 aromatic carbocycles. The lowest BCUT2D eigenvalue weighted by molar-refractivity contribution is -0.137. The van der Waals surface area contributed by atoms with Crippen molar-refractivity contribution in [3.05, 3.63) is 24.4 Å². The van der Waals surface area contributed by atoms with E-state index >= 15 is 0 Å². The van der Waals surface area contributed by atoms with Crippen LogP contribution in [0.1, 0.15) is 12.8 Å². The van der Waals surface area contributed by atoms with Gasteiger partial charge in [0, 0.05) is 58.5 Å². The van der Waals surface area contributed by atoms with Gasteiger partial charge in [0.1, 0.15) is 5.82 Å². The molecule has 0 spiro atoms. The third kappa shape index (κ3) is 4.97. The fourth-order valence-corrected chi connectivity index (χ4v) is 5.06. The van der Waals surface area contributed by atoms with Crippen LogP contribution in [0.4, 0.5) is 5.82 Å². The van der Waals surface area contributed by atoms with E-state index in [0.29, 0.717) is 39.0 Å². The Morgan fingerprint density at radius 1 is 1.15 bits per heavy atom. The van der Waals surface area contributed by atoms with Crippen molar-refractivity contribution in [2.24, 2.45) is 5.92 Å². The molecule has 8 nitrogen and oxygen atoms in total. The second-order valence-corrected chi connectivity index (χ2v) is 9.07. The fraction of sp³-hybridized carbons (Fsp3) is 0.667. The Hall–Kier alpha value is -1.71. The summed E-state index contributed by atoms with van der Waals surface area (Å²) in [6.07, 6.45) is 2.96. The normalized spacial score (nSPS) is 20.0. The number of carbonyl (C=O) groups is 1. The number of anilines is 1. The highest BCUT2D eigenvalue weighted by atomic mass is 32.2. The zero-order chi connectivity index (χ0) is 19.3. The number of sulfonamides is 1. The number of methoxy groups -OCH3 is 1. The average molecular weight is 397 g/mol. The first-order valence-electron chi connectivity index (χ1n) is 9.43. The molecule has 1 aromatic heterocycles. The van der Waals surface area contributed by atoms with Gasteiger partial charge >= 0.3 is 0 Å². The van der Waals surface area contributed by atoms with Crippen molar-refractivity contribution in [3.63, 3.8) is 0 Å². The van der Waals surface area contributed by atoms with Gasteiger partial charge in [-0.15, -0.1) is 0 Å². The van der Waals surface area contributed by atoms with Gasteiger partial charge in [-0.2, -0.15) is 0 Å². The summed E-state index contributed by atoms with van der Waals surface area (Å²) >= 11 is 0. The predicted molar refractivity (Wildman–Crippen MR) is 103 cm³/mol. The molecule has 2 fully saturated rings. The Morgan fingerprint density at radius 3 is 2.44 bits per heavy atom. The van der Waals surface area contributed by atoms with E-state index in [1.165, 1.54) is 11.4 Å². The molecule has 0 aliphatic carbocycles. The summed E-state index contributed by atoms with van der Waals surface area (Å²) in [5.41, 5.74) is 0. The molecule has 1 amide bonds. The molecule has 3 heterocycles. The number of ether oxygens (including phenoxy) is 1. The maximum Gasteiger partial charge on any atom is 0.225 e. The van der Waals surface area contributed by atoms with Crippen LogP contribution in [0, 0.1) is 5.92 Å². The van der Waals surface area contributed by atoms with Crippen LogP contribution in [0.15, 0.2) is 24.4 Å². The van der Waals surface area contributed by atoms with Gasteiger partial charge < -0.3 is 14.5 Å². The first kappa shape index (κ1) is 20.0. The zero-order valence-electron chi connectivity index (χ0n) is 15.8. The fourth-order valence-electron chi connectivity index (χ4n) is 3.65. The number of amides is 1. The lowest BCUT2D eigenvalue weighted by Gasteiger charge is -2.38. The van der Waals surface area contributed by atoms with Crippen LogP contribution in [0.2, 0.25) is 0 Å². The van der Waals surface area contributed by atoms with E-state index in [2.05, 4.69) is 9.88 Å². The number of carbonyl (C=O) groups excluding carboxylic acids is 1. The van der Waals surface area contributed by atoms with Crippen molar-refractivity contribution in [1.29, 1.82) is 0 Å². The minimum absolute atomic E-state index is 0.00239. The van der Waals surface area contributed by atoms with Gasteiger partial charge in [-0.05, 0) is 25.0 Å². The van der Waals surface area contributed by atoms with Crippen molar-refractivity contribution in [2.75, 3.05) is 63.6 Å². The minimum Gasteiger partial charge on any atom is -0.384 e. The van der Waals surface area contributed by atoms with E-state index in [0.717, 1.165) is 18.9 Å². The summed E-state index contributed by atoms with van der Waals surface area (Å²) in [4.78, 5) is 21.3. The summed E-state index contributed by atoms with van der Waals surface area (Å²) < 4.78 is 30.8. The maximum absolute atomic E-state index is 12.8. The molecule has 2 saturated heterocycles. The van der Waals surface area contributed by atoms with Crippen LogP contribution in [-0.2, 0) is 19.6 Å². The Bertz CT molecular complexity index is 712. The van der Waals surface area contributed by atoms with E-state index in [1.54, 1.807) is 6.20 Å². The minimum atomic E-state index is -3.29. The second kappa shape index (κ2) is 8.99. The number of pyridine rings is 1. The van der Waals surface area contributed by atoms with Crippen LogP contribution in [0.5, 0.6) is 0 Å². The highest BCUT2D eigenvalue weighted by molar-refractivity contribution is 7.89. The quantitative estimate of drug-likeness (QED) is 0.693. The van der Waals surface area contributed by atoms with Gasteiger partial charge in [-0.25, -0.2) is 17.7 Å². The Kier molecular flexibility index (Phi) is 6.67. The lowest BCUT2D eigenvalue weighted by Crippen LogP contribution is -2.52. The molecule has 0 unspecified atom stereocenters.